The minimum absolute atomic E-state index is 0.755. The van der Waals surface area contributed by atoms with Crippen LogP contribution in [0.3, 0.4) is 0 Å². The molecule has 0 aliphatic heterocycles. The fraction of sp³-hybridized carbons (Fsp3) is 0. The first-order chi connectivity index (χ1) is 10.9. The zero-order valence-corrected chi connectivity index (χ0v) is 11.7. The molecule has 0 fully saturated rings. The minimum Gasteiger partial charge on any atom is -0.337 e. The molecule has 0 saturated carbocycles. The third-order valence-corrected chi connectivity index (χ3v) is 3.45. The lowest BCUT2D eigenvalue weighted by Gasteiger charge is -2.10. The fourth-order valence-electron chi connectivity index (χ4n) is 2.41. The van der Waals surface area contributed by atoms with Gasteiger partial charge < -0.3 is 5.32 Å². The van der Waals surface area contributed by atoms with E-state index in [4.69, 9.17) is 0 Å². The minimum atomic E-state index is 0.755. The van der Waals surface area contributed by atoms with Crippen LogP contribution in [0.5, 0.6) is 0 Å². The summed E-state index contributed by atoms with van der Waals surface area (Å²) < 4.78 is 2.03. The molecule has 3 heterocycles. The van der Waals surface area contributed by atoms with Crippen LogP contribution in [0.15, 0.2) is 73.6 Å². The molecule has 1 aromatic carbocycles. The normalized spacial score (nSPS) is 10.7. The van der Waals surface area contributed by atoms with Gasteiger partial charge >= 0.3 is 0 Å². The number of hydrogen-bond donors (Lipinski definition) is 1. The van der Waals surface area contributed by atoms with Crippen molar-refractivity contribution in [2.45, 2.75) is 0 Å². The van der Waals surface area contributed by atoms with Crippen LogP contribution in [0.4, 0.5) is 11.5 Å². The zero-order chi connectivity index (χ0) is 14.8. The number of anilines is 2. The SMILES string of the molecule is c1ccc(-c2cnc(Nc3cccnc3)c3cncn23)cc1. The molecule has 5 nitrogen and oxygen atoms in total. The predicted octanol–water partition coefficient (Wildman–Crippen LogP) is 3.53. The number of hydrogen-bond acceptors (Lipinski definition) is 4. The van der Waals surface area contributed by atoms with Crippen molar-refractivity contribution in [2.24, 2.45) is 0 Å². The maximum absolute atomic E-state index is 4.55. The summed E-state index contributed by atoms with van der Waals surface area (Å²) in [6.45, 7) is 0. The van der Waals surface area contributed by atoms with Crippen molar-refractivity contribution in [3.05, 3.63) is 73.6 Å². The van der Waals surface area contributed by atoms with Crippen molar-refractivity contribution in [2.75, 3.05) is 5.32 Å². The molecule has 3 aromatic heterocycles. The van der Waals surface area contributed by atoms with Gasteiger partial charge in [-0.1, -0.05) is 30.3 Å². The maximum atomic E-state index is 4.55. The highest BCUT2D eigenvalue weighted by atomic mass is 15.1. The monoisotopic (exact) mass is 287 g/mol. The Hall–Kier alpha value is -3.21. The van der Waals surface area contributed by atoms with Crippen LogP contribution in [0.2, 0.25) is 0 Å². The van der Waals surface area contributed by atoms with Crippen LogP contribution in [-0.4, -0.2) is 19.4 Å². The van der Waals surface area contributed by atoms with Crippen molar-refractivity contribution in [3.63, 3.8) is 0 Å². The van der Waals surface area contributed by atoms with Gasteiger partial charge in [0.15, 0.2) is 5.82 Å². The summed E-state index contributed by atoms with van der Waals surface area (Å²) >= 11 is 0. The molecule has 1 N–H and O–H groups in total. The molecule has 4 rings (SSSR count). The summed E-state index contributed by atoms with van der Waals surface area (Å²) in [5, 5.41) is 3.28. The highest BCUT2D eigenvalue weighted by Gasteiger charge is 2.09. The van der Waals surface area contributed by atoms with E-state index in [1.54, 1.807) is 24.9 Å². The molecule has 0 aliphatic carbocycles. The largest absolute Gasteiger partial charge is 0.337 e. The number of pyridine rings is 1. The number of aromatic nitrogens is 4. The van der Waals surface area contributed by atoms with Crippen LogP contribution in [0.25, 0.3) is 16.8 Å². The van der Waals surface area contributed by atoms with E-state index in [9.17, 15) is 0 Å². The summed E-state index contributed by atoms with van der Waals surface area (Å²) in [6, 6.07) is 14.0. The summed E-state index contributed by atoms with van der Waals surface area (Å²) in [5.74, 6) is 0.755. The Kier molecular flexibility index (Phi) is 3.01. The van der Waals surface area contributed by atoms with Crippen LogP contribution in [0.1, 0.15) is 0 Å². The van der Waals surface area contributed by atoms with E-state index in [1.807, 2.05) is 40.9 Å². The average Bonchev–Trinajstić information content (AvgIpc) is 3.07. The van der Waals surface area contributed by atoms with E-state index in [2.05, 4.69) is 32.4 Å². The second-order valence-corrected chi connectivity index (χ2v) is 4.87. The number of nitrogens with one attached hydrogen (secondary N) is 1. The molecular formula is C17H13N5. The van der Waals surface area contributed by atoms with Crippen LogP contribution in [0, 0.1) is 0 Å². The van der Waals surface area contributed by atoms with Crippen molar-refractivity contribution in [1.29, 1.82) is 0 Å². The van der Waals surface area contributed by atoms with Gasteiger partial charge in [0.1, 0.15) is 5.52 Å². The van der Waals surface area contributed by atoms with Gasteiger partial charge in [-0.25, -0.2) is 9.97 Å². The van der Waals surface area contributed by atoms with Gasteiger partial charge in [-0.3, -0.25) is 9.38 Å². The molecular weight excluding hydrogens is 274 g/mol. The van der Waals surface area contributed by atoms with Gasteiger partial charge in [0.2, 0.25) is 0 Å². The summed E-state index contributed by atoms with van der Waals surface area (Å²) in [5.41, 5.74) is 3.92. The van der Waals surface area contributed by atoms with E-state index >= 15 is 0 Å². The number of benzene rings is 1. The summed E-state index contributed by atoms with van der Waals surface area (Å²) in [6.07, 6.45) is 8.96. The predicted molar refractivity (Wildman–Crippen MR) is 85.9 cm³/mol. The van der Waals surface area contributed by atoms with Crippen molar-refractivity contribution in [1.82, 2.24) is 19.4 Å². The van der Waals surface area contributed by atoms with Gasteiger partial charge in [-0.15, -0.1) is 0 Å². The molecule has 0 spiro atoms. The third-order valence-electron chi connectivity index (χ3n) is 3.45. The van der Waals surface area contributed by atoms with E-state index in [1.165, 1.54) is 0 Å². The summed E-state index contributed by atoms with van der Waals surface area (Å²) in [4.78, 5) is 12.9. The molecule has 0 aliphatic rings. The van der Waals surface area contributed by atoms with E-state index in [0.717, 1.165) is 28.3 Å². The number of rotatable bonds is 3. The molecule has 0 unspecified atom stereocenters. The molecule has 0 radical (unpaired) electrons. The van der Waals surface area contributed by atoms with Crippen molar-refractivity contribution >= 4 is 17.0 Å². The zero-order valence-electron chi connectivity index (χ0n) is 11.7. The molecule has 0 amide bonds. The van der Waals surface area contributed by atoms with E-state index < -0.39 is 0 Å². The van der Waals surface area contributed by atoms with Crippen molar-refractivity contribution in [3.8, 4) is 11.3 Å². The van der Waals surface area contributed by atoms with Crippen LogP contribution < -0.4 is 5.32 Å². The molecule has 22 heavy (non-hydrogen) atoms. The van der Waals surface area contributed by atoms with Gasteiger partial charge in [0, 0.05) is 11.8 Å². The molecule has 4 aromatic rings. The van der Waals surface area contributed by atoms with Crippen LogP contribution >= 0.6 is 0 Å². The van der Waals surface area contributed by atoms with Crippen LogP contribution in [-0.2, 0) is 0 Å². The lowest BCUT2D eigenvalue weighted by Crippen LogP contribution is -1.99. The Labute approximate surface area is 127 Å². The molecule has 0 saturated heterocycles. The highest BCUT2D eigenvalue weighted by molar-refractivity contribution is 5.76. The van der Waals surface area contributed by atoms with E-state index in [-0.39, 0.29) is 0 Å². The number of fused-ring (bicyclic) bond motifs is 1. The number of nitrogens with zero attached hydrogens (tertiary/aromatic N) is 4. The Bertz CT molecular complexity index is 900. The first kappa shape index (κ1) is 12.5. The van der Waals surface area contributed by atoms with Gasteiger partial charge in [-0.2, -0.15) is 0 Å². The van der Waals surface area contributed by atoms with E-state index in [0.29, 0.717) is 0 Å². The lowest BCUT2D eigenvalue weighted by molar-refractivity contribution is 1.12. The molecule has 5 heteroatoms. The average molecular weight is 287 g/mol. The molecule has 0 atom stereocenters. The third kappa shape index (κ3) is 2.18. The fourth-order valence-corrected chi connectivity index (χ4v) is 2.41. The second-order valence-electron chi connectivity index (χ2n) is 4.87. The maximum Gasteiger partial charge on any atom is 0.156 e. The molecule has 0 bridgehead atoms. The van der Waals surface area contributed by atoms with Crippen molar-refractivity contribution < 1.29 is 0 Å². The smallest absolute Gasteiger partial charge is 0.156 e. The van der Waals surface area contributed by atoms with Gasteiger partial charge in [0.25, 0.3) is 0 Å². The Morgan fingerprint density at radius 2 is 1.77 bits per heavy atom. The summed E-state index contributed by atoms with van der Waals surface area (Å²) in [7, 11) is 0. The molecule has 106 valence electrons. The lowest BCUT2D eigenvalue weighted by atomic mass is 10.1. The van der Waals surface area contributed by atoms with Gasteiger partial charge in [-0.05, 0) is 12.1 Å². The first-order valence-electron chi connectivity index (χ1n) is 6.95. The number of imidazole rings is 1. The quantitative estimate of drug-likeness (QED) is 0.626. The standard InChI is InChI=1S/C17H13N5/c1-2-5-13(6-3-1)15-11-20-17(16-10-19-12-22(15)16)21-14-7-4-8-18-9-14/h1-12H,(H,20,21). The highest BCUT2D eigenvalue weighted by Crippen LogP contribution is 2.25. The Morgan fingerprint density at radius 3 is 2.59 bits per heavy atom. The Balaban J connectivity index is 1.82. The first-order valence-corrected chi connectivity index (χ1v) is 6.95. The second kappa shape index (κ2) is 5.29. The Morgan fingerprint density at radius 1 is 0.864 bits per heavy atom. The topological polar surface area (TPSA) is 55.1 Å². The van der Waals surface area contributed by atoms with Gasteiger partial charge in [0.05, 0.1) is 36.3 Å².